The predicted octanol–water partition coefficient (Wildman–Crippen LogP) is 3.46. The first-order chi connectivity index (χ1) is 9.95. The second-order valence-corrected chi connectivity index (χ2v) is 5.62. The first-order valence-corrected chi connectivity index (χ1v) is 7.19. The molecule has 0 bridgehead atoms. The van der Waals surface area contributed by atoms with Crippen LogP contribution in [0.1, 0.15) is 16.7 Å². The van der Waals surface area contributed by atoms with E-state index in [4.69, 9.17) is 29.6 Å². The number of carbonyl (C=O) groups is 1. The average Bonchev–Trinajstić information content (AvgIpc) is 2.43. The van der Waals surface area contributed by atoms with Gasteiger partial charge < -0.3 is 11.1 Å². The van der Waals surface area contributed by atoms with Crippen molar-refractivity contribution in [2.45, 2.75) is 13.3 Å². The van der Waals surface area contributed by atoms with Crippen LogP contribution < -0.4 is 11.1 Å². The van der Waals surface area contributed by atoms with Crippen LogP contribution in [0.2, 0.25) is 5.02 Å². The lowest BCUT2D eigenvalue weighted by atomic mass is 10.1. The first kappa shape index (κ1) is 15.5. The Morgan fingerprint density at radius 2 is 1.90 bits per heavy atom. The highest BCUT2D eigenvalue weighted by Gasteiger charge is 2.07. The van der Waals surface area contributed by atoms with Crippen molar-refractivity contribution in [2.24, 2.45) is 5.73 Å². The molecule has 1 amide bonds. The van der Waals surface area contributed by atoms with Gasteiger partial charge >= 0.3 is 0 Å². The van der Waals surface area contributed by atoms with Crippen LogP contribution >= 0.6 is 23.8 Å². The Hall–Kier alpha value is -1.91. The van der Waals surface area contributed by atoms with E-state index in [1.165, 1.54) is 0 Å². The molecule has 0 saturated carbocycles. The summed E-state index contributed by atoms with van der Waals surface area (Å²) in [6, 6.07) is 12.7. The Bertz CT molecular complexity index is 683. The van der Waals surface area contributed by atoms with Crippen LogP contribution in [-0.4, -0.2) is 10.9 Å². The van der Waals surface area contributed by atoms with Crippen molar-refractivity contribution >= 4 is 40.4 Å². The zero-order valence-corrected chi connectivity index (χ0v) is 13.1. The van der Waals surface area contributed by atoms with Crippen LogP contribution in [0.25, 0.3) is 0 Å². The van der Waals surface area contributed by atoms with Gasteiger partial charge in [-0.3, -0.25) is 4.79 Å². The number of aryl methyl sites for hydroxylation is 1. The lowest BCUT2D eigenvalue weighted by Crippen LogP contribution is -2.15. The van der Waals surface area contributed by atoms with E-state index in [-0.39, 0.29) is 12.3 Å². The van der Waals surface area contributed by atoms with E-state index in [0.29, 0.717) is 10.0 Å². The Morgan fingerprint density at radius 3 is 2.52 bits per heavy atom. The third-order valence-corrected chi connectivity index (χ3v) is 3.55. The molecule has 0 fully saturated rings. The zero-order chi connectivity index (χ0) is 15.4. The molecular weight excluding hydrogens is 304 g/mol. The number of nitrogens with two attached hydrogens (primary N) is 1. The maximum Gasteiger partial charge on any atom is 0.228 e. The molecule has 0 aliphatic rings. The van der Waals surface area contributed by atoms with Gasteiger partial charge in [0.05, 0.1) is 6.42 Å². The van der Waals surface area contributed by atoms with Gasteiger partial charge in [0.25, 0.3) is 0 Å². The van der Waals surface area contributed by atoms with Crippen molar-refractivity contribution in [3.05, 3.63) is 64.2 Å². The zero-order valence-electron chi connectivity index (χ0n) is 11.5. The lowest BCUT2D eigenvalue weighted by Gasteiger charge is -2.09. The molecule has 2 rings (SSSR count). The fourth-order valence-electron chi connectivity index (χ4n) is 1.90. The maximum absolute atomic E-state index is 12.1. The van der Waals surface area contributed by atoms with Crippen LogP contribution in [-0.2, 0) is 11.2 Å². The quantitative estimate of drug-likeness (QED) is 0.849. The van der Waals surface area contributed by atoms with Gasteiger partial charge in [-0.25, -0.2) is 0 Å². The number of anilines is 1. The van der Waals surface area contributed by atoms with Crippen molar-refractivity contribution in [3.8, 4) is 0 Å². The summed E-state index contributed by atoms with van der Waals surface area (Å²) in [5.74, 6) is -0.0940. The number of hydrogen-bond donors (Lipinski definition) is 2. The van der Waals surface area contributed by atoms with Crippen molar-refractivity contribution in [2.75, 3.05) is 5.32 Å². The Labute approximate surface area is 134 Å². The van der Waals surface area contributed by atoms with E-state index in [1.54, 1.807) is 12.1 Å². The molecule has 0 radical (unpaired) electrons. The number of hydrogen-bond acceptors (Lipinski definition) is 2. The van der Waals surface area contributed by atoms with Crippen LogP contribution in [0.3, 0.4) is 0 Å². The largest absolute Gasteiger partial charge is 0.389 e. The number of amides is 1. The number of thiocarbonyl (C=S) groups is 1. The smallest absolute Gasteiger partial charge is 0.228 e. The number of nitrogens with one attached hydrogen (secondary N) is 1. The lowest BCUT2D eigenvalue weighted by molar-refractivity contribution is -0.115. The fourth-order valence-corrected chi connectivity index (χ4v) is 2.20. The molecule has 0 aliphatic carbocycles. The van der Waals surface area contributed by atoms with E-state index < -0.39 is 0 Å². The molecule has 108 valence electrons. The molecule has 2 aromatic rings. The van der Waals surface area contributed by atoms with Crippen LogP contribution in [0, 0.1) is 6.92 Å². The SMILES string of the molecule is Cc1ccc(Cl)cc1NC(=O)Cc1ccc(C(N)=S)cc1. The summed E-state index contributed by atoms with van der Waals surface area (Å²) < 4.78 is 0. The van der Waals surface area contributed by atoms with Gasteiger partial charge in [0.1, 0.15) is 4.99 Å². The maximum atomic E-state index is 12.1. The van der Waals surface area contributed by atoms with Crippen molar-refractivity contribution < 1.29 is 4.79 Å². The van der Waals surface area contributed by atoms with E-state index >= 15 is 0 Å². The van der Waals surface area contributed by atoms with E-state index in [0.717, 1.165) is 22.4 Å². The molecule has 0 saturated heterocycles. The molecule has 3 nitrogen and oxygen atoms in total. The monoisotopic (exact) mass is 318 g/mol. The molecule has 0 unspecified atom stereocenters. The first-order valence-electron chi connectivity index (χ1n) is 6.40. The van der Waals surface area contributed by atoms with E-state index in [9.17, 15) is 4.79 Å². The van der Waals surface area contributed by atoms with Gasteiger partial charge in [0.15, 0.2) is 0 Å². The summed E-state index contributed by atoms with van der Waals surface area (Å²) in [5.41, 5.74) is 8.92. The molecule has 3 N–H and O–H groups in total. The molecule has 0 heterocycles. The highest BCUT2D eigenvalue weighted by Crippen LogP contribution is 2.20. The summed E-state index contributed by atoms with van der Waals surface area (Å²) in [5, 5.41) is 3.46. The van der Waals surface area contributed by atoms with Gasteiger partial charge in [-0.05, 0) is 30.2 Å². The highest BCUT2D eigenvalue weighted by atomic mass is 35.5. The minimum Gasteiger partial charge on any atom is -0.389 e. The summed E-state index contributed by atoms with van der Waals surface area (Å²) in [4.78, 5) is 12.4. The summed E-state index contributed by atoms with van der Waals surface area (Å²) in [6.45, 7) is 1.92. The van der Waals surface area contributed by atoms with Crippen molar-refractivity contribution in [1.82, 2.24) is 0 Å². The second kappa shape index (κ2) is 6.70. The fraction of sp³-hybridized carbons (Fsp3) is 0.125. The van der Waals surface area contributed by atoms with Crippen LogP contribution in [0.4, 0.5) is 5.69 Å². The topological polar surface area (TPSA) is 55.1 Å². The van der Waals surface area contributed by atoms with Gasteiger partial charge in [-0.2, -0.15) is 0 Å². The van der Waals surface area contributed by atoms with Gasteiger partial charge in [-0.15, -0.1) is 0 Å². The second-order valence-electron chi connectivity index (χ2n) is 4.75. The molecule has 21 heavy (non-hydrogen) atoms. The molecule has 0 aliphatic heterocycles. The van der Waals surface area contributed by atoms with Gasteiger partial charge in [0.2, 0.25) is 5.91 Å². The number of rotatable bonds is 4. The van der Waals surface area contributed by atoms with Crippen molar-refractivity contribution in [3.63, 3.8) is 0 Å². The third kappa shape index (κ3) is 4.28. The molecular formula is C16H15ClN2OS. The molecule has 2 aromatic carbocycles. The summed E-state index contributed by atoms with van der Waals surface area (Å²) in [7, 11) is 0. The Balaban J connectivity index is 2.04. The van der Waals surface area contributed by atoms with E-state index in [1.807, 2.05) is 37.3 Å². The predicted molar refractivity (Wildman–Crippen MR) is 90.9 cm³/mol. The number of benzene rings is 2. The number of carbonyl (C=O) groups excluding carboxylic acids is 1. The van der Waals surface area contributed by atoms with Crippen molar-refractivity contribution in [1.29, 1.82) is 0 Å². The van der Waals surface area contributed by atoms with E-state index in [2.05, 4.69) is 5.32 Å². The molecule has 5 heteroatoms. The van der Waals surface area contributed by atoms with Crippen LogP contribution in [0.5, 0.6) is 0 Å². The molecule has 0 spiro atoms. The van der Waals surface area contributed by atoms with Gasteiger partial charge in [0, 0.05) is 16.3 Å². The Morgan fingerprint density at radius 1 is 1.24 bits per heavy atom. The molecule has 0 aromatic heterocycles. The van der Waals surface area contributed by atoms with Crippen LogP contribution in [0.15, 0.2) is 42.5 Å². The summed E-state index contributed by atoms with van der Waals surface area (Å²) in [6.07, 6.45) is 0.281. The molecule has 0 atom stereocenters. The minimum atomic E-state index is -0.0940. The standard InChI is InChI=1S/C16H15ClN2OS/c1-10-2-7-13(17)9-14(10)19-15(20)8-11-3-5-12(6-4-11)16(18)21/h2-7,9H,8H2,1H3,(H2,18,21)(H,19,20). The third-order valence-electron chi connectivity index (χ3n) is 3.08. The Kier molecular flexibility index (Phi) is 4.94. The minimum absolute atomic E-state index is 0.0940. The van der Waals surface area contributed by atoms with Gasteiger partial charge in [-0.1, -0.05) is 54.2 Å². The highest BCUT2D eigenvalue weighted by molar-refractivity contribution is 7.80. The summed E-state index contributed by atoms with van der Waals surface area (Å²) >= 11 is 10.8. The average molecular weight is 319 g/mol. The number of halogens is 1. The normalized spacial score (nSPS) is 10.2.